The fourth-order valence-corrected chi connectivity index (χ4v) is 4.87. The molecule has 0 amide bonds. The van der Waals surface area contributed by atoms with Crippen LogP contribution in [0.25, 0.3) is 22.3 Å². The Kier molecular flexibility index (Phi) is 5.60. The second-order valence-corrected chi connectivity index (χ2v) is 8.20. The van der Waals surface area contributed by atoms with Crippen molar-refractivity contribution < 1.29 is 0 Å². The highest BCUT2D eigenvalue weighted by molar-refractivity contribution is 6.30. The summed E-state index contributed by atoms with van der Waals surface area (Å²) < 4.78 is 0. The first-order valence-corrected chi connectivity index (χ1v) is 10.6. The van der Waals surface area contributed by atoms with Crippen molar-refractivity contribution in [3.63, 3.8) is 0 Å². The van der Waals surface area contributed by atoms with E-state index in [1.165, 1.54) is 36.0 Å². The predicted octanol–water partition coefficient (Wildman–Crippen LogP) is 7.15. The molecule has 146 valence electrons. The number of benzene rings is 3. The molecule has 0 atom stereocenters. The molecule has 0 radical (unpaired) electrons. The predicted molar refractivity (Wildman–Crippen MR) is 123 cm³/mol. The Bertz CT molecular complexity index is 1070. The SMILES string of the molecule is Cc1c(-c2ccccc2)c(C)c(N2CCCCC2)c(C#N)c1-c1cccc(Cl)c1. The molecular weight excluding hydrogens is 376 g/mol. The smallest absolute Gasteiger partial charge is 0.102 e. The monoisotopic (exact) mass is 400 g/mol. The van der Waals surface area contributed by atoms with Gasteiger partial charge in [0.2, 0.25) is 0 Å². The quantitative estimate of drug-likeness (QED) is 0.466. The second-order valence-electron chi connectivity index (χ2n) is 7.76. The van der Waals surface area contributed by atoms with Crippen molar-refractivity contribution >= 4 is 17.3 Å². The minimum Gasteiger partial charge on any atom is -0.370 e. The van der Waals surface area contributed by atoms with E-state index in [4.69, 9.17) is 11.6 Å². The minimum absolute atomic E-state index is 0.687. The normalized spacial score (nSPS) is 13.9. The van der Waals surface area contributed by atoms with Gasteiger partial charge in [-0.1, -0.05) is 54.1 Å². The van der Waals surface area contributed by atoms with Crippen molar-refractivity contribution in [2.45, 2.75) is 33.1 Å². The Morgan fingerprint density at radius 1 is 0.828 bits per heavy atom. The average molecular weight is 401 g/mol. The Labute approximate surface area is 178 Å². The number of hydrogen-bond acceptors (Lipinski definition) is 2. The van der Waals surface area contributed by atoms with Crippen molar-refractivity contribution in [3.8, 4) is 28.3 Å². The van der Waals surface area contributed by atoms with Crippen LogP contribution < -0.4 is 4.90 Å². The Morgan fingerprint density at radius 2 is 1.52 bits per heavy atom. The van der Waals surface area contributed by atoms with Crippen LogP contribution in [0.15, 0.2) is 54.6 Å². The zero-order valence-electron chi connectivity index (χ0n) is 17.0. The average Bonchev–Trinajstić information content (AvgIpc) is 2.74. The maximum absolute atomic E-state index is 10.3. The molecule has 3 aromatic rings. The van der Waals surface area contributed by atoms with Crippen LogP contribution in [-0.4, -0.2) is 13.1 Å². The molecule has 1 saturated heterocycles. The number of piperidine rings is 1. The van der Waals surface area contributed by atoms with E-state index in [1.807, 2.05) is 24.3 Å². The zero-order valence-corrected chi connectivity index (χ0v) is 17.8. The summed E-state index contributed by atoms with van der Waals surface area (Å²) in [5.41, 5.74) is 8.59. The summed E-state index contributed by atoms with van der Waals surface area (Å²) in [4.78, 5) is 2.41. The van der Waals surface area contributed by atoms with Crippen LogP contribution in [0.3, 0.4) is 0 Å². The molecule has 0 bridgehead atoms. The minimum atomic E-state index is 0.687. The molecule has 3 heteroatoms. The fraction of sp³-hybridized carbons (Fsp3) is 0.269. The molecule has 0 aliphatic carbocycles. The molecule has 1 aliphatic rings. The van der Waals surface area contributed by atoms with Gasteiger partial charge in [-0.05, 0) is 73.1 Å². The van der Waals surface area contributed by atoms with Crippen LogP contribution in [0.5, 0.6) is 0 Å². The second kappa shape index (κ2) is 8.31. The van der Waals surface area contributed by atoms with Crippen LogP contribution in [0.2, 0.25) is 5.02 Å². The first-order chi connectivity index (χ1) is 14.1. The summed E-state index contributed by atoms with van der Waals surface area (Å²) >= 11 is 6.33. The van der Waals surface area contributed by atoms with E-state index in [-0.39, 0.29) is 0 Å². The highest BCUT2D eigenvalue weighted by Crippen LogP contribution is 2.44. The lowest BCUT2D eigenvalue weighted by Gasteiger charge is -2.33. The van der Waals surface area contributed by atoms with Gasteiger partial charge in [0.15, 0.2) is 0 Å². The van der Waals surface area contributed by atoms with Crippen molar-refractivity contribution in [2.75, 3.05) is 18.0 Å². The van der Waals surface area contributed by atoms with Gasteiger partial charge < -0.3 is 4.90 Å². The highest BCUT2D eigenvalue weighted by Gasteiger charge is 2.25. The molecule has 0 saturated carbocycles. The van der Waals surface area contributed by atoms with Gasteiger partial charge in [0, 0.05) is 23.7 Å². The molecule has 29 heavy (non-hydrogen) atoms. The summed E-state index contributed by atoms with van der Waals surface area (Å²) in [5, 5.41) is 10.9. The molecule has 0 aromatic heterocycles. The number of anilines is 1. The van der Waals surface area contributed by atoms with E-state index in [0.29, 0.717) is 5.02 Å². The summed E-state index contributed by atoms with van der Waals surface area (Å²) in [6, 6.07) is 20.9. The number of nitriles is 1. The van der Waals surface area contributed by atoms with Gasteiger partial charge in [0.25, 0.3) is 0 Å². The summed E-state index contributed by atoms with van der Waals surface area (Å²) in [6.45, 7) is 6.30. The van der Waals surface area contributed by atoms with E-state index in [2.05, 4.69) is 55.1 Å². The molecule has 0 spiro atoms. The Hall–Kier alpha value is -2.76. The number of halogens is 1. The van der Waals surface area contributed by atoms with Crippen LogP contribution in [0.1, 0.15) is 36.0 Å². The Morgan fingerprint density at radius 3 is 2.17 bits per heavy atom. The van der Waals surface area contributed by atoms with Crippen LogP contribution >= 0.6 is 11.6 Å². The summed E-state index contributed by atoms with van der Waals surface area (Å²) in [6.07, 6.45) is 3.60. The summed E-state index contributed by atoms with van der Waals surface area (Å²) in [5.74, 6) is 0. The topological polar surface area (TPSA) is 27.0 Å². The van der Waals surface area contributed by atoms with Gasteiger partial charge in [0.05, 0.1) is 11.3 Å². The van der Waals surface area contributed by atoms with E-state index in [9.17, 15) is 5.26 Å². The van der Waals surface area contributed by atoms with Crippen LogP contribution in [0.4, 0.5) is 5.69 Å². The van der Waals surface area contributed by atoms with Crippen molar-refractivity contribution in [1.29, 1.82) is 5.26 Å². The van der Waals surface area contributed by atoms with Gasteiger partial charge in [-0.3, -0.25) is 0 Å². The molecule has 2 nitrogen and oxygen atoms in total. The van der Waals surface area contributed by atoms with Gasteiger partial charge in [0.1, 0.15) is 6.07 Å². The third kappa shape index (κ3) is 3.63. The van der Waals surface area contributed by atoms with Crippen molar-refractivity contribution in [3.05, 3.63) is 76.3 Å². The molecular formula is C26H25ClN2. The van der Waals surface area contributed by atoms with Crippen molar-refractivity contribution in [1.82, 2.24) is 0 Å². The largest absolute Gasteiger partial charge is 0.370 e. The van der Waals surface area contributed by atoms with Gasteiger partial charge >= 0.3 is 0 Å². The zero-order chi connectivity index (χ0) is 20.4. The highest BCUT2D eigenvalue weighted by atomic mass is 35.5. The molecule has 3 aromatic carbocycles. The molecule has 0 N–H and O–H groups in total. The van der Waals surface area contributed by atoms with Crippen molar-refractivity contribution in [2.24, 2.45) is 0 Å². The number of rotatable bonds is 3. The number of hydrogen-bond donors (Lipinski definition) is 0. The maximum Gasteiger partial charge on any atom is 0.102 e. The van der Waals surface area contributed by atoms with Gasteiger partial charge in [-0.25, -0.2) is 0 Å². The molecule has 1 fully saturated rings. The summed E-state index contributed by atoms with van der Waals surface area (Å²) in [7, 11) is 0. The molecule has 4 rings (SSSR count). The third-order valence-corrected chi connectivity index (χ3v) is 6.16. The van der Waals surface area contributed by atoms with E-state index >= 15 is 0 Å². The fourth-order valence-electron chi connectivity index (χ4n) is 4.68. The van der Waals surface area contributed by atoms with E-state index < -0.39 is 0 Å². The molecule has 0 unspecified atom stereocenters. The first-order valence-electron chi connectivity index (χ1n) is 10.3. The molecule has 1 aliphatic heterocycles. The Balaban J connectivity index is 2.08. The maximum atomic E-state index is 10.3. The number of nitrogens with zero attached hydrogens (tertiary/aromatic N) is 2. The van der Waals surface area contributed by atoms with Gasteiger partial charge in [-0.15, -0.1) is 0 Å². The van der Waals surface area contributed by atoms with E-state index in [1.54, 1.807) is 0 Å². The first kappa shape index (κ1) is 19.6. The van der Waals surface area contributed by atoms with Gasteiger partial charge in [-0.2, -0.15) is 5.26 Å². The lowest BCUT2D eigenvalue weighted by atomic mass is 9.84. The van der Waals surface area contributed by atoms with E-state index in [0.717, 1.165) is 41.0 Å². The molecule has 1 heterocycles. The van der Waals surface area contributed by atoms with Crippen LogP contribution in [0, 0.1) is 25.2 Å². The lowest BCUT2D eigenvalue weighted by molar-refractivity contribution is 0.577. The third-order valence-electron chi connectivity index (χ3n) is 5.93. The standard InChI is InChI=1S/C26H25ClN2/c1-18-24(20-10-5-3-6-11-20)19(2)26(29-14-7-4-8-15-29)23(17-28)25(18)21-12-9-13-22(27)16-21/h3,5-6,9-13,16H,4,7-8,14-15H2,1-2H3. The lowest BCUT2D eigenvalue weighted by Crippen LogP contribution is -2.31. The van der Waals surface area contributed by atoms with Crippen LogP contribution in [-0.2, 0) is 0 Å².